The molecule has 0 unspecified atom stereocenters. The fourth-order valence-electron chi connectivity index (χ4n) is 4.43. The van der Waals surface area contributed by atoms with Gasteiger partial charge in [-0.3, -0.25) is 0 Å². The monoisotopic (exact) mass is 578 g/mol. The highest BCUT2D eigenvalue weighted by atomic mass is 19.4. The third-order valence-electron chi connectivity index (χ3n) is 6.48. The van der Waals surface area contributed by atoms with E-state index >= 15 is 0 Å². The summed E-state index contributed by atoms with van der Waals surface area (Å²) in [4.78, 5) is 25.4. The summed E-state index contributed by atoms with van der Waals surface area (Å²) in [6.07, 6.45) is -8.96. The average molecular weight is 579 g/mol. The van der Waals surface area contributed by atoms with E-state index in [1.165, 1.54) is 36.4 Å². The first-order chi connectivity index (χ1) is 18.8. The second-order valence-corrected chi connectivity index (χ2v) is 9.03. The molecule has 0 spiro atoms. The Morgan fingerprint density at radius 2 is 1.12 bits per heavy atom. The third kappa shape index (κ3) is 6.95. The quantitative estimate of drug-likeness (QED) is 0.145. The van der Waals surface area contributed by atoms with Gasteiger partial charge in [-0.15, -0.1) is 0 Å². The molecule has 2 aromatic rings. The molecule has 2 aromatic carbocycles. The van der Waals surface area contributed by atoms with Crippen LogP contribution in [-0.4, -0.2) is 51.7 Å². The normalized spacial score (nSPS) is 15.9. The van der Waals surface area contributed by atoms with Crippen molar-refractivity contribution in [2.75, 3.05) is 27.4 Å². The largest absolute Gasteiger partial charge is 0.463 e. The van der Waals surface area contributed by atoms with Gasteiger partial charge in [0, 0.05) is 25.3 Å². The van der Waals surface area contributed by atoms with Crippen molar-refractivity contribution in [2.45, 2.75) is 56.2 Å². The Morgan fingerprint density at radius 3 is 1.50 bits per heavy atom. The molecule has 0 saturated heterocycles. The van der Waals surface area contributed by atoms with Crippen molar-refractivity contribution in [2.24, 2.45) is 5.92 Å². The van der Waals surface area contributed by atoms with Crippen LogP contribution in [0.4, 0.5) is 26.3 Å². The number of carbonyl (C=O) groups is 2. The number of hydrogen-bond acceptors (Lipinski definition) is 6. The van der Waals surface area contributed by atoms with Gasteiger partial charge >= 0.3 is 24.3 Å². The Labute approximate surface area is 228 Å². The molecule has 0 radical (unpaired) electrons. The minimum absolute atomic E-state index is 0.0633. The number of methoxy groups -OCH3 is 2. The fraction of sp³-hybridized carbons (Fsp3) is 0.500. The molecule has 0 bridgehead atoms. The minimum Gasteiger partial charge on any atom is -0.463 e. The molecule has 0 saturated carbocycles. The number of rotatable bonds is 14. The van der Waals surface area contributed by atoms with Crippen LogP contribution in [0.2, 0.25) is 0 Å². The number of alkyl halides is 6. The zero-order valence-corrected chi connectivity index (χ0v) is 22.3. The summed E-state index contributed by atoms with van der Waals surface area (Å²) >= 11 is 0. The van der Waals surface area contributed by atoms with Gasteiger partial charge in [0.15, 0.2) is 0 Å². The van der Waals surface area contributed by atoms with Crippen molar-refractivity contribution in [1.82, 2.24) is 0 Å². The van der Waals surface area contributed by atoms with Crippen molar-refractivity contribution >= 4 is 11.9 Å². The van der Waals surface area contributed by atoms with Gasteiger partial charge in [0.05, 0.1) is 13.2 Å². The Morgan fingerprint density at radius 1 is 0.700 bits per heavy atom. The second-order valence-electron chi connectivity index (χ2n) is 9.03. The van der Waals surface area contributed by atoms with Crippen molar-refractivity contribution in [3.8, 4) is 0 Å². The summed E-state index contributed by atoms with van der Waals surface area (Å²) in [7, 11) is 1.51. The van der Waals surface area contributed by atoms with Gasteiger partial charge in [0.2, 0.25) is 0 Å². The van der Waals surface area contributed by atoms with Crippen LogP contribution >= 0.6 is 0 Å². The SMILES string of the molecule is CCC[C@@H](CCCOC(=O)[C@](OC)(c1ccccc1)C(F)(F)F)COC(=O)[C@](OC)(c1ccccc1)C(F)(F)F. The first-order valence-corrected chi connectivity index (χ1v) is 12.5. The van der Waals surface area contributed by atoms with Crippen LogP contribution in [0, 0.1) is 5.92 Å². The van der Waals surface area contributed by atoms with Gasteiger partial charge < -0.3 is 18.9 Å². The lowest BCUT2D eigenvalue weighted by Crippen LogP contribution is -2.52. The molecule has 0 amide bonds. The van der Waals surface area contributed by atoms with E-state index in [-0.39, 0.29) is 12.8 Å². The highest BCUT2D eigenvalue weighted by molar-refractivity contribution is 5.83. The number of halogens is 6. The third-order valence-corrected chi connectivity index (χ3v) is 6.48. The molecule has 0 aromatic heterocycles. The van der Waals surface area contributed by atoms with Crippen LogP contribution in [-0.2, 0) is 39.7 Å². The standard InChI is InChI=1S/C28H32F6O6/c1-4-12-20(19-40-24(36)26(38-3,28(32,33)34)22-16-9-6-10-17-22)13-11-18-39-23(35)25(37-2,27(29,30)31)21-14-7-5-8-15-21/h5-10,14-17,20H,4,11-13,18-19H2,1-3H3/t20-,25+,26+/m0/s1. The first-order valence-electron chi connectivity index (χ1n) is 12.5. The van der Waals surface area contributed by atoms with Gasteiger partial charge in [-0.05, 0) is 25.2 Å². The minimum atomic E-state index is -5.13. The van der Waals surface area contributed by atoms with E-state index in [1.54, 1.807) is 0 Å². The van der Waals surface area contributed by atoms with E-state index in [9.17, 15) is 35.9 Å². The fourth-order valence-corrected chi connectivity index (χ4v) is 4.43. The maximum Gasteiger partial charge on any atom is 0.432 e. The Bertz CT molecular complexity index is 1080. The van der Waals surface area contributed by atoms with Gasteiger partial charge in [0.25, 0.3) is 11.2 Å². The number of hydrogen-bond donors (Lipinski definition) is 0. The Hall–Kier alpha value is -3.12. The first kappa shape index (κ1) is 33.1. The predicted molar refractivity (Wildman–Crippen MR) is 132 cm³/mol. The van der Waals surface area contributed by atoms with Crippen LogP contribution in [0.15, 0.2) is 60.7 Å². The predicted octanol–water partition coefficient (Wildman–Crippen LogP) is 6.48. The van der Waals surface area contributed by atoms with Crippen LogP contribution in [0.25, 0.3) is 0 Å². The van der Waals surface area contributed by atoms with Crippen LogP contribution in [0.3, 0.4) is 0 Å². The molecule has 222 valence electrons. The molecule has 0 aliphatic heterocycles. The van der Waals surface area contributed by atoms with Crippen molar-refractivity contribution < 1.29 is 54.9 Å². The molecule has 6 nitrogen and oxygen atoms in total. The molecule has 12 heteroatoms. The van der Waals surface area contributed by atoms with E-state index in [1.807, 2.05) is 6.92 Å². The van der Waals surface area contributed by atoms with E-state index in [0.717, 1.165) is 38.5 Å². The van der Waals surface area contributed by atoms with Gasteiger partial charge in [0.1, 0.15) is 0 Å². The molecular formula is C28H32F6O6. The summed E-state index contributed by atoms with van der Waals surface area (Å²) in [5.74, 6) is -3.74. The molecule has 3 atom stereocenters. The van der Waals surface area contributed by atoms with Crippen molar-refractivity contribution in [1.29, 1.82) is 0 Å². The molecule has 0 aliphatic rings. The summed E-state index contributed by atoms with van der Waals surface area (Å²) in [6.45, 7) is 0.989. The van der Waals surface area contributed by atoms with Crippen LogP contribution in [0.1, 0.15) is 43.7 Å². The van der Waals surface area contributed by atoms with E-state index in [0.29, 0.717) is 12.8 Å². The van der Waals surface area contributed by atoms with Crippen molar-refractivity contribution in [3.63, 3.8) is 0 Å². The maximum atomic E-state index is 14.1. The number of ether oxygens (including phenoxy) is 4. The zero-order valence-electron chi connectivity index (χ0n) is 22.3. The lowest BCUT2D eigenvalue weighted by Gasteiger charge is -2.33. The van der Waals surface area contributed by atoms with Crippen LogP contribution in [0.5, 0.6) is 0 Å². The van der Waals surface area contributed by atoms with Crippen molar-refractivity contribution in [3.05, 3.63) is 71.8 Å². The maximum absolute atomic E-state index is 14.1. The molecule has 0 fully saturated rings. The summed E-state index contributed by atoms with van der Waals surface area (Å²) in [5.41, 5.74) is -7.56. The molecule has 0 heterocycles. The number of carbonyl (C=O) groups excluding carboxylic acids is 2. The van der Waals surface area contributed by atoms with E-state index in [4.69, 9.17) is 14.2 Å². The average Bonchev–Trinajstić information content (AvgIpc) is 2.90. The topological polar surface area (TPSA) is 71.1 Å². The molecule has 0 aliphatic carbocycles. The van der Waals surface area contributed by atoms with Crippen LogP contribution < -0.4 is 0 Å². The molecule has 40 heavy (non-hydrogen) atoms. The van der Waals surface area contributed by atoms with Gasteiger partial charge in [-0.25, -0.2) is 9.59 Å². The smallest absolute Gasteiger partial charge is 0.432 e. The summed E-state index contributed by atoms with van der Waals surface area (Å²) < 4.78 is 104. The summed E-state index contributed by atoms with van der Waals surface area (Å²) in [5, 5.41) is 0. The summed E-state index contributed by atoms with van der Waals surface area (Å²) in [6, 6.07) is 12.7. The number of benzene rings is 2. The van der Waals surface area contributed by atoms with E-state index < -0.39 is 65.8 Å². The molecular weight excluding hydrogens is 546 g/mol. The lowest BCUT2D eigenvalue weighted by molar-refractivity contribution is -0.277. The molecule has 0 N–H and O–H groups in total. The second kappa shape index (κ2) is 14.0. The zero-order chi connectivity index (χ0) is 30.0. The van der Waals surface area contributed by atoms with Gasteiger partial charge in [-0.1, -0.05) is 74.0 Å². The van der Waals surface area contributed by atoms with E-state index in [2.05, 4.69) is 4.74 Å². The number of esters is 2. The Balaban J connectivity index is 2.07. The highest BCUT2D eigenvalue weighted by Crippen LogP contribution is 2.44. The Kier molecular flexibility index (Phi) is 11.6. The molecule has 2 rings (SSSR count). The van der Waals surface area contributed by atoms with Gasteiger partial charge in [-0.2, -0.15) is 26.3 Å². The highest BCUT2D eigenvalue weighted by Gasteiger charge is 2.65. The lowest BCUT2D eigenvalue weighted by atomic mass is 9.92.